The molecule has 0 aliphatic rings. The molecule has 4 aromatic rings. The van der Waals surface area contributed by atoms with E-state index in [4.69, 9.17) is 0 Å². The number of aromatic nitrogens is 2. The van der Waals surface area contributed by atoms with Gasteiger partial charge in [0.05, 0.1) is 10.2 Å². The molecule has 0 fully saturated rings. The number of fused-ring (bicyclic) bond motifs is 1. The lowest BCUT2D eigenvalue weighted by molar-refractivity contribution is 0.102. The van der Waals surface area contributed by atoms with E-state index in [0.717, 1.165) is 38.0 Å². The number of rotatable bonds is 4. The van der Waals surface area contributed by atoms with Gasteiger partial charge in [0.2, 0.25) is 0 Å². The number of hydrogen-bond acceptors (Lipinski definition) is 2. The SMILES string of the molecule is CCc1ccc(C(=O)Nc2ccc(-c3cn4cc(Br)cc(Br)c4n3)cc2)cc1. The molecule has 0 unspecified atom stereocenters. The number of nitrogens with zero attached hydrogens (tertiary/aromatic N) is 2. The fourth-order valence-electron chi connectivity index (χ4n) is 2.98. The van der Waals surface area contributed by atoms with E-state index in [9.17, 15) is 4.79 Å². The summed E-state index contributed by atoms with van der Waals surface area (Å²) in [7, 11) is 0. The van der Waals surface area contributed by atoms with Crippen LogP contribution in [0.1, 0.15) is 22.8 Å². The van der Waals surface area contributed by atoms with Gasteiger partial charge in [-0.05, 0) is 74.2 Å². The van der Waals surface area contributed by atoms with E-state index in [1.54, 1.807) is 0 Å². The van der Waals surface area contributed by atoms with Crippen molar-refractivity contribution in [1.82, 2.24) is 9.38 Å². The molecule has 4 rings (SSSR count). The number of hydrogen-bond donors (Lipinski definition) is 1. The first kappa shape index (κ1) is 18.9. The molecular weight excluding hydrogens is 482 g/mol. The van der Waals surface area contributed by atoms with E-state index in [-0.39, 0.29) is 5.91 Å². The number of imidazole rings is 1. The highest BCUT2D eigenvalue weighted by atomic mass is 79.9. The van der Waals surface area contributed by atoms with Gasteiger partial charge in [-0.15, -0.1) is 0 Å². The largest absolute Gasteiger partial charge is 0.322 e. The molecule has 0 atom stereocenters. The molecular formula is C22H17Br2N3O. The Balaban J connectivity index is 1.53. The number of benzene rings is 2. The highest BCUT2D eigenvalue weighted by Crippen LogP contribution is 2.27. The average molecular weight is 499 g/mol. The summed E-state index contributed by atoms with van der Waals surface area (Å²) in [6.45, 7) is 2.09. The van der Waals surface area contributed by atoms with Gasteiger partial charge in [0.25, 0.3) is 5.91 Å². The van der Waals surface area contributed by atoms with E-state index < -0.39 is 0 Å². The van der Waals surface area contributed by atoms with E-state index in [1.165, 1.54) is 5.56 Å². The number of aryl methyl sites for hydroxylation is 1. The summed E-state index contributed by atoms with van der Waals surface area (Å²) in [6.07, 6.45) is 4.91. The topological polar surface area (TPSA) is 46.4 Å². The molecule has 2 aromatic heterocycles. The Morgan fingerprint density at radius 3 is 2.43 bits per heavy atom. The molecule has 1 N–H and O–H groups in total. The second-order valence-corrected chi connectivity index (χ2v) is 8.22. The smallest absolute Gasteiger partial charge is 0.255 e. The van der Waals surface area contributed by atoms with Gasteiger partial charge in [-0.25, -0.2) is 4.98 Å². The van der Waals surface area contributed by atoms with E-state index in [1.807, 2.05) is 71.4 Å². The maximum atomic E-state index is 12.4. The van der Waals surface area contributed by atoms with Crippen molar-refractivity contribution in [3.63, 3.8) is 0 Å². The van der Waals surface area contributed by atoms with Crippen molar-refractivity contribution in [1.29, 1.82) is 0 Å². The zero-order valence-electron chi connectivity index (χ0n) is 15.1. The van der Waals surface area contributed by atoms with Gasteiger partial charge >= 0.3 is 0 Å². The molecule has 0 spiro atoms. The zero-order valence-corrected chi connectivity index (χ0v) is 18.3. The highest BCUT2D eigenvalue weighted by Gasteiger charge is 2.10. The van der Waals surface area contributed by atoms with Gasteiger partial charge in [-0.3, -0.25) is 4.79 Å². The quantitative estimate of drug-likeness (QED) is 0.356. The summed E-state index contributed by atoms with van der Waals surface area (Å²) in [5, 5.41) is 2.94. The monoisotopic (exact) mass is 497 g/mol. The van der Waals surface area contributed by atoms with Crippen molar-refractivity contribution in [3.8, 4) is 11.3 Å². The molecule has 140 valence electrons. The molecule has 28 heavy (non-hydrogen) atoms. The minimum absolute atomic E-state index is 0.114. The number of carbonyl (C=O) groups is 1. The molecule has 4 nitrogen and oxygen atoms in total. The molecule has 2 heterocycles. The van der Waals surface area contributed by atoms with Gasteiger partial charge in [0.15, 0.2) is 5.65 Å². The van der Waals surface area contributed by atoms with Gasteiger partial charge in [-0.1, -0.05) is 31.2 Å². The number of pyridine rings is 1. The van der Waals surface area contributed by atoms with Gasteiger partial charge in [0.1, 0.15) is 0 Å². The summed E-state index contributed by atoms with van der Waals surface area (Å²) in [6, 6.07) is 17.4. The minimum Gasteiger partial charge on any atom is -0.322 e. The van der Waals surface area contributed by atoms with Crippen LogP contribution in [0, 0.1) is 0 Å². The van der Waals surface area contributed by atoms with Crippen LogP contribution in [0.5, 0.6) is 0 Å². The zero-order chi connectivity index (χ0) is 19.7. The number of anilines is 1. The Labute approximate surface area is 179 Å². The van der Waals surface area contributed by atoms with Crippen LogP contribution in [0.25, 0.3) is 16.9 Å². The van der Waals surface area contributed by atoms with Gasteiger partial charge in [0, 0.05) is 33.7 Å². The molecule has 0 saturated carbocycles. The predicted molar refractivity (Wildman–Crippen MR) is 120 cm³/mol. The standard InChI is InChI=1S/C22H17Br2N3O/c1-2-14-3-5-16(6-4-14)22(28)25-18-9-7-15(8-10-18)20-13-27-12-17(23)11-19(24)21(27)26-20/h3-13H,2H2,1H3,(H,25,28). The molecule has 0 aliphatic heterocycles. The van der Waals surface area contributed by atoms with E-state index >= 15 is 0 Å². The van der Waals surface area contributed by atoms with Crippen LogP contribution >= 0.6 is 31.9 Å². The second kappa shape index (κ2) is 7.89. The molecule has 0 bridgehead atoms. The van der Waals surface area contributed by atoms with Crippen molar-refractivity contribution < 1.29 is 4.79 Å². The summed E-state index contributed by atoms with van der Waals surface area (Å²) < 4.78 is 3.87. The molecule has 2 aromatic carbocycles. The molecule has 0 radical (unpaired) electrons. The van der Waals surface area contributed by atoms with Crippen LogP contribution in [-0.4, -0.2) is 15.3 Å². The summed E-state index contributed by atoms with van der Waals surface area (Å²) in [5.74, 6) is -0.114. The van der Waals surface area contributed by atoms with Crippen molar-refractivity contribution in [2.45, 2.75) is 13.3 Å². The fraction of sp³-hybridized carbons (Fsp3) is 0.0909. The molecule has 0 saturated heterocycles. The Bertz CT molecular complexity index is 1150. The van der Waals surface area contributed by atoms with Crippen molar-refractivity contribution in [3.05, 3.63) is 87.1 Å². The lowest BCUT2D eigenvalue weighted by Crippen LogP contribution is -2.11. The first-order chi connectivity index (χ1) is 13.5. The first-order valence-electron chi connectivity index (χ1n) is 8.88. The maximum Gasteiger partial charge on any atom is 0.255 e. The van der Waals surface area contributed by atoms with Crippen LogP contribution in [0.3, 0.4) is 0 Å². The van der Waals surface area contributed by atoms with Crippen LogP contribution in [-0.2, 0) is 6.42 Å². The molecule has 6 heteroatoms. The van der Waals surface area contributed by atoms with Crippen LogP contribution in [0.4, 0.5) is 5.69 Å². The Morgan fingerprint density at radius 1 is 1.04 bits per heavy atom. The summed E-state index contributed by atoms with van der Waals surface area (Å²) >= 11 is 7.03. The third kappa shape index (κ3) is 3.88. The van der Waals surface area contributed by atoms with Crippen LogP contribution < -0.4 is 5.32 Å². The van der Waals surface area contributed by atoms with Crippen LogP contribution in [0.15, 0.2) is 75.9 Å². The number of carbonyl (C=O) groups excluding carboxylic acids is 1. The Kier molecular flexibility index (Phi) is 5.33. The molecule has 0 aliphatic carbocycles. The molecule has 1 amide bonds. The highest BCUT2D eigenvalue weighted by molar-refractivity contribution is 9.11. The van der Waals surface area contributed by atoms with E-state index in [0.29, 0.717) is 5.56 Å². The van der Waals surface area contributed by atoms with Crippen LogP contribution in [0.2, 0.25) is 0 Å². The Morgan fingerprint density at radius 2 is 1.75 bits per heavy atom. The third-order valence-corrected chi connectivity index (χ3v) is 5.55. The van der Waals surface area contributed by atoms with Crippen molar-refractivity contribution in [2.75, 3.05) is 5.32 Å². The predicted octanol–water partition coefficient (Wildman–Crippen LogP) is 6.34. The lowest BCUT2D eigenvalue weighted by Gasteiger charge is -2.06. The van der Waals surface area contributed by atoms with E-state index in [2.05, 4.69) is 49.1 Å². The summed E-state index contributed by atoms with van der Waals surface area (Å²) in [4.78, 5) is 17.1. The maximum absolute atomic E-state index is 12.4. The minimum atomic E-state index is -0.114. The normalized spacial score (nSPS) is 11.0. The lowest BCUT2D eigenvalue weighted by atomic mass is 10.1. The van der Waals surface area contributed by atoms with Gasteiger partial charge < -0.3 is 9.72 Å². The number of halogens is 2. The average Bonchev–Trinajstić information content (AvgIpc) is 3.13. The van der Waals surface area contributed by atoms with Crippen molar-refractivity contribution >= 4 is 49.1 Å². The van der Waals surface area contributed by atoms with Crippen molar-refractivity contribution in [2.24, 2.45) is 0 Å². The first-order valence-corrected chi connectivity index (χ1v) is 10.5. The Hall–Kier alpha value is -2.44. The number of nitrogens with one attached hydrogen (secondary N) is 1. The van der Waals surface area contributed by atoms with Gasteiger partial charge in [-0.2, -0.15) is 0 Å². The third-order valence-electron chi connectivity index (χ3n) is 4.54. The number of amides is 1. The fourth-order valence-corrected chi connectivity index (χ4v) is 4.28. The summed E-state index contributed by atoms with van der Waals surface area (Å²) in [5.41, 5.74) is 5.32. The second-order valence-electron chi connectivity index (χ2n) is 6.45.